The van der Waals surface area contributed by atoms with Crippen LogP contribution >= 0.6 is 0 Å². The average Bonchev–Trinajstić information content (AvgIpc) is 3.26. The molecule has 0 saturated heterocycles. The lowest BCUT2D eigenvalue weighted by Crippen LogP contribution is -2.34. The molecule has 0 bridgehead atoms. The Bertz CT molecular complexity index is 1330. The van der Waals surface area contributed by atoms with Gasteiger partial charge in [-0.05, 0) is 60.2 Å². The van der Waals surface area contributed by atoms with Crippen LogP contribution in [-0.2, 0) is 24.4 Å². The summed E-state index contributed by atoms with van der Waals surface area (Å²) in [4.78, 5) is 21.9. The molecule has 0 fully saturated rings. The van der Waals surface area contributed by atoms with Crippen LogP contribution in [0.25, 0.3) is 11.0 Å². The lowest BCUT2D eigenvalue weighted by Gasteiger charge is -2.35. The number of ketones is 1. The molecule has 0 aliphatic carbocycles. The second kappa shape index (κ2) is 9.43. The Balaban J connectivity index is 1.88. The monoisotopic (exact) mass is 457 g/mol. The molecule has 4 aromatic rings. The zero-order valence-corrected chi connectivity index (χ0v) is 20.4. The summed E-state index contributed by atoms with van der Waals surface area (Å²) in [6.07, 6.45) is 5.08. The van der Waals surface area contributed by atoms with Gasteiger partial charge in [-0.1, -0.05) is 43.3 Å². The highest BCUT2D eigenvalue weighted by atomic mass is 16.3. The first kappa shape index (κ1) is 23.7. The highest BCUT2D eigenvalue weighted by molar-refractivity contribution is 5.88. The number of nitrogens with zero attached hydrogens (tertiary/aromatic N) is 5. The predicted molar refractivity (Wildman–Crippen MR) is 131 cm³/mol. The third-order valence-corrected chi connectivity index (χ3v) is 6.89. The molecule has 0 aliphatic heterocycles. The summed E-state index contributed by atoms with van der Waals surface area (Å²) < 4.78 is 1.88. The van der Waals surface area contributed by atoms with E-state index in [2.05, 4.69) is 32.4 Å². The fourth-order valence-corrected chi connectivity index (χ4v) is 4.75. The van der Waals surface area contributed by atoms with E-state index in [0.29, 0.717) is 0 Å². The van der Waals surface area contributed by atoms with Crippen molar-refractivity contribution in [3.8, 4) is 0 Å². The van der Waals surface area contributed by atoms with Crippen molar-refractivity contribution < 1.29 is 9.90 Å². The van der Waals surface area contributed by atoms with Gasteiger partial charge in [0.1, 0.15) is 17.6 Å². The molecule has 2 aromatic carbocycles. The maximum absolute atomic E-state index is 13.7. The molecule has 176 valence electrons. The molecule has 7 heteroatoms. The van der Waals surface area contributed by atoms with Crippen molar-refractivity contribution in [1.82, 2.24) is 25.0 Å². The number of aliphatic hydroxyl groups is 1. The van der Waals surface area contributed by atoms with Gasteiger partial charge in [-0.3, -0.25) is 4.79 Å². The molecule has 0 unspecified atom stereocenters. The Morgan fingerprint density at radius 3 is 2.53 bits per heavy atom. The molecule has 0 amide bonds. The number of carbonyl (C=O) groups is 1. The number of rotatable bonds is 8. The summed E-state index contributed by atoms with van der Waals surface area (Å²) in [5, 5.41) is 18.7. The fraction of sp³-hybridized carbons (Fsp3) is 0.370. The van der Waals surface area contributed by atoms with Gasteiger partial charge < -0.3 is 5.11 Å². The second-order valence-corrected chi connectivity index (χ2v) is 9.40. The Morgan fingerprint density at radius 1 is 1.12 bits per heavy atom. The van der Waals surface area contributed by atoms with Crippen LogP contribution in [0.2, 0.25) is 0 Å². The normalized spacial score (nSPS) is 12.8. The van der Waals surface area contributed by atoms with E-state index >= 15 is 0 Å². The molecular weight excluding hydrogens is 426 g/mol. The predicted octanol–water partition coefficient (Wildman–Crippen LogP) is 4.32. The van der Waals surface area contributed by atoms with Crippen LogP contribution in [0.1, 0.15) is 60.1 Å². The molecule has 2 heterocycles. The van der Waals surface area contributed by atoms with Gasteiger partial charge in [0.05, 0.1) is 12.1 Å². The van der Waals surface area contributed by atoms with Gasteiger partial charge in [0.2, 0.25) is 0 Å². The number of aliphatic hydroxyl groups excluding tert-OH is 1. The molecular formula is C27H31N5O2. The number of aromatic nitrogens is 5. The number of hydrogen-bond acceptors (Lipinski definition) is 6. The van der Waals surface area contributed by atoms with Crippen LogP contribution in [0.15, 0.2) is 49.1 Å². The number of hydrogen-bond donors (Lipinski definition) is 1. The minimum absolute atomic E-state index is 0.0506. The van der Waals surface area contributed by atoms with Gasteiger partial charge >= 0.3 is 0 Å². The number of Topliss-reactive ketones (excluding diaryl/α,β-unsaturated/α-hetero) is 1. The minimum atomic E-state index is -0.753. The van der Waals surface area contributed by atoms with Gasteiger partial charge in [0.25, 0.3) is 0 Å². The van der Waals surface area contributed by atoms with Crippen molar-refractivity contribution in [1.29, 1.82) is 0 Å². The van der Waals surface area contributed by atoms with Gasteiger partial charge in [0.15, 0.2) is 0 Å². The van der Waals surface area contributed by atoms with E-state index in [1.54, 1.807) is 12.4 Å². The zero-order valence-electron chi connectivity index (χ0n) is 20.4. The number of benzene rings is 2. The Labute approximate surface area is 199 Å². The number of fused-ring (bicyclic) bond motifs is 1. The van der Waals surface area contributed by atoms with Gasteiger partial charge in [0, 0.05) is 36.7 Å². The lowest BCUT2D eigenvalue weighted by molar-refractivity contribution is -0.127. The highest BCUT2D eigenvalue weighted by Gasteiger charge is 2.39. The summed E-state index contributed by atoms with van der Waals surface area (Å²) in [7, 11) is 0. The van der Waals surface area contributed by atoms with E-state index in [0.717, 1.165) is 51.0 Å². The van der Waals surface area contributed by atoms with Gasteiger partial charge in [-0.25, -0.2) is 14.6 Å². The maximum atomic E-state index is 13.7. The summed E-state index contributed by atoms with van der Waals surface area (Å²) in [6.45, 7) is 10.7. The minimum Gasteiger partial charge on any atom is -0.392 e. The van der Waals surface area contributed by atoms with E-state index in [9.17, 15) is 9.90 Å². The molecule has 0 spiro atoms. The van der Waals surface area contributed by atoms with Crippen molar-refractivity contribution >= 4 is 16.8 Å². The second-order valence-electron chi connectivity index (χ2n) is 9.40. The highest BCUT2D eigenvalue weighted by Crippen LogP contribution is 2.44. The standard InChI is InChI=1S/C27H31N5O2/c1-6-32-23-10-9-22(18(3)26(23)30-31-32)25(20-8-7-17(2)21(12-20)15-33)27(4,5)24(34)11-19-13-28-16-29-14-19/h7-10,12-14,16,25,33H,6,11,15H2,1-5H3/t25-/m0/s1. The first-order chi connectivity index (χ1) is 16.3. The summed E-state index contributed by atoms with van der Waals surface area (Å²) in [5.74, 6) is -0.151. The largest absolute Gasteiger partial charge is 0.392 e. The Morgan fingerprint density at radius 2 is 1.85 bits per heavy atom. The maximum Gasteiger partial charge on any atom is 0.143 e. The van der Waals surface area contributed by atoms with Crippen molar-refractivity contribution in [2.75, 3.05) is 0 Å². The fourth-order valence-electron chi connectivity index (χ4n) is 4.75. The zero-order chi connectivity index (χ0) is 24.5. The third kappa shape index (κ3) is 4.23. The topological polar surface area (TPSA) is 93.8 Å². The summed E-state index contributed by atoms with van der Waals surface area (Å²) >= 11 is 0. The molecule has 0 aliphatic rings. The van der Waals surface area contributed by atoms with Gasteiger partial charge in [-0.2, -0.15) is 0 Å². The number of aryl methyl sites for hydroxylation is 3. The van der Waals surface area contributed by atoms with E-state index in [-0.39, 0.29) is 24.7 Å². The van der Waals surface area contributed by atoms with E-state index in [1.165, 1.54) is 6.33 Å². The summed E-state index contributed by atoms with van der Waals surface area (Å²) in [5.41, 5.74) is 6.78. The Hall–Kier alpha value is -3.45. The molecule has 1 N–H and O–H groups in total. The van der Waals surface area contributed by atoms with Crippen LogP contribution in [0.5, 0.6) is 0 Å². The quantitative estimate of drug-likeness (QED) is 0.423. The number of carbonyl (C=O) groups excluding carboxylic acids is 1. The van der Waals surface area contributed by atoms with Crippen LogP contribution < -0.4 is 0 Å². The van der Waals surface area contributed by atoms with Crippen molar-refractivity contribution in [3.05, 3.63) is 82.4 Å². The van der Waals surface area contributed by atoms with Crippen LogP contribution in [0.4, 0.5) is 0 Å². The molecule has 4 rings (SSSR count). The average molecular weight is 458 g/mol. The Kier molecular flexibility index (Phi) is 6.57. The molecule has 7 nitrogen and oxygen atoms in total. The van der Waals surface area contributed by atoms with Crippen LogP contribution in [0, 0.1) is 19.3 Å². The van der Waals surface area contributed by atoms with Crippen LogP contribution in [0.3, 0.4) is 0 Å². The van der Waals surface area contributed by atoms with Gasteiger partial charge in [-0.15, -0.1) is 5.10 Å². The molecule has 2 aromatic heterocycles. The van der Waals surface area contributed by atoms with Crippen LogP contribution in [-0.4, -0.2) is 35.9 Å². The molecule has 0 saturated carbocycles. The molecule has 34 heavy (non-hydrogen) atoms. The van der Waals surface area contributed by atoms with E-state index in [4.69, 9.17) is 0 Å². The van der Waals surface area contributed by atoms with Crippen molar-refractivity contribution in [2.45, 2.75) is 60.1 Å². The van der Waals surface area contributed by atoms with Crippen molar-refractivity contribution in [2.24, 2.45) is 5.41 Å². The SMILES string of the molecule is CCn1nnc2c(C)c([C@H](c3ccc(C)c(CO)c3)C(C)(C)C(=O)Cc3cncnc3)ccc21. The summed E-state index contributed by atoms with van der Waals surface area (Å²) in [6, 6.07) is 10.2. The van der Waals surface area contributed by atoms with Crippen molar-refractivity contribution in [3.63, 3.8) is 0 Å². The van der Waals surface area contributed by atoms with E-state index in [1.807, 2.05) is 57.5 Å². The lowest BCUT2D eigenvalue weighted by atomic mass is 9.66. The first-order valence-corrected chi connectivity index (χ1v) is 11.6. The molecule has 1 atom stereocenters. The third-order valence-electron chi connectivity index (χ3n) is 6.89. The molecule has 0 radical (unpaired) electrons. The van der Waals surface area contributed by atoms with E-state index < -0.39 is 5.41 Å². The smallest absolute Gasteiger partial charge is 0.143 e. The first-order valence-electron chi connectivity index (χ1n) is 11.6.